The predicted molar refractivity (Wildman–Crippen MR) is 130 cm³/mol. The molecule has 6 unspecified atom stereocenters. The summed E-state index contributed by atoms with van der Waals surface area (Å²) in [6.45, 7) is 5.45. The summed E-state index contributed by atoms with van der Waals surface area (Å²) >= 11 is 1.28. The molecule has 4 aliphatic carbocycles. The maximum Gasteiger partial charge on any atom is 0.313 e. The first-order valence-corrected chi connectivity index (χ1v) is 14.2. The van der Waals surface area contributed by atoms with Gasteiger partial charge in [0.25, 0.3) is 5.91 Å². The van der Waals surface area contributed by atoms with E-state index in [0.29, 0.717) is 23.8 Å². The Balaban J connectivity index is 1.04. The van der Waals surface area contributed by atoms with Crippen molar-refractivity contribution >= 4 is 35.1 Å². The predicted octanol–water partition coefficient (Wildman–Crippen LogP) is 1.87. The van der Waals surface area contributed by atoms with Crippen LogP contribution in [0, 0.1) is 35.0 Å². The number of nitrogens with one attached hydrogen (secondary N) is 1. The lowest BCUT2D eigenvalue weighted by molar-refractivity contribution is -0.625. The summed E-state index contributed by atoms with van der Waals surface area (Å²) in [6, 6.07) is 0.0201. The van der Waals surface area contributed by atoms with E-state index in [1.807, 2.05) is 20.9 Å². The molecular formula is C26H32N4O6S. The molecule has 3 aliphatic heterocycles. The highest BCUT2D eigenvalue weighted by atomic mass is 32.1. The standard InChI is InChI=1S/C26H32N4O6S/c1-10(2)14(29(4)16(32)7-12-5-6-12)8-15(36-11(3)31)23-27-13(9-37-23)22(33)28-26-18-17-19(26)21-25(17,24(34)35)20(18)30(21)26/h9-10,12,14-15,17-21H,5-8H2,1-4H3,(H,28,33)(H,34,35). The zero-order valence-corrected chi connectivity index (χ0v) is 22.2. The Morgan fingerprint density at radius 1 is 1.24 bits per heavy atom. The van der Waals surface area contributed by atoms with Crippen LogP contribution in [0.3, 0.4) is 0 Å². The number of carboxylic acid groups (broad SMARTS) is 1. The van der Waals surface area contributed by atoms with Gasteiger partial charge in [-0.2, -0.15) is 0 Å². The highest BCUT2D eigenvalue weighted by molar-refractivity contribution is 7.09. The summed E-state index contributed by atoms with van der Waals surface area (Å²) in [4.78, 5) is 58.2. The lowest BCUT2D eigenvalue weighted by Crippen LogP contribution is -3.24. The number of thiazole rings is 1. The molecule has 3 saturated heterocycles. The molecule has 37 heavy (non-hydrogen) atoms. The molecule has 7 fully saturated rings. The van der Waals surface area contributed by atoms with Gasteiger partial charge >= 0.3 is 11.9 Å². The van der Waals surface area contributed by atoms with Gasteiger partial charge in [0.2, 0.25) is 5.91 Å². The van der Waals surface area contributed by atoms with Gasteiger partial charge in [-0.05, 0) is 30.6 Å². The first-order chi connectivity index (χ1) is 17.5. The Kier molecular flexibility index (Phi) is 4.66. The molecule has 11 heteroatoms. The van der Waals surface area contributed by atoms with Crippen LogP contribution in [0.25, 0.3) is 0 Å². The SMILES string of the molecule is CC(=O)OC(CC(C(C)C)N(C)C(=O)CC1CC1)c1nc(C(=O)NC23C4C5C2C2N3C4C52C(=O)O)cs1. The van der Waals surface area contributed by atoms with E-state index in [0.717, 1.165) is 12.8 Å². The highest BCUT2D eigenvalue weighted by Gasteiger charge is 3.12. The Hall–Kier alpha value is -2.53. The summed E-state index contributed by atoms with van der Waals surface area (Å²) in [5, 5.41) is 15.0. The van der Waals surface area contributed by atoms with Gasteiger partial charge in [0.15, 0.2) is 6.10 Å². The van der Waals surface area contributed by atoms with Crippen molar-refractivity contribution in [1.29, 1.82) is 0 Å². The largest absolute Gasteiger partial charge is 0.481 e. The molecular weight excluding hydrogens is 496 g/mol. The van der Waals surface area contributed by atoms with Gasteiger partial charge in [-0.25, -0.2) is 4.98 Å². The summed E-state index contributed by atoms with van der Waals surface area (Å²) in [5.74, 6) is 0.0286. The smallest absolute Gasteiger partial charge is 0.313 e. The second kappa shape index (κ2) is 7.31. The molecule has 198 valence electrons. The van der Waals surface area contributed by atoms with E-state index >= 15 is 0 Å². The van der Waals surface area contributed by atoms with E-state index in [9.17, 15) is 24.3 Å². The van der Waals surface area contributed by atoms with Crippen LogP contribution in [0.15, 0.2) is 5.38 Å². The number of nitrogens with zero attached hydrogens (tertiary/aromatic N) is 3. The fraction of sp³-hybridized carbons (Fsp3) is 0.731. The molecule has 7 aliphatic rings. The van der Waals surface area contributed by atoms with Crippen LogP contribution in [0.5, 0.6) is 0 Å². The molecule has 10 nitrogen and oxygen atoms in total. The summed E-state index contributed by atoms with van der Waals surface area (Å²) in [7, 11) is 1.81. The van der Waals surface area contributed by atoms with E-state index in [1.165, 1.54) is 18.3 Å². The van der Waals surface area contributed by atoms with Crippen LogP contribution in [0.4, 0.5) is 0 Å². The molecule has 0 bridgehead atoms. The zero-order chi connectivity index (χ0) is 26.2. The van der Waals surface area contributed by atoms with Crippen molar-refractivity contribution in [2.24, 2.45) is 35.0 Å². The Morgan fingerprint density at radius 3 is 2.43 bits per heavy atom. The molecule has 1 aromatic rings. The Morgan fingerprint density at radius 2 is 1.92 bits per heavy atom. The number of carbonyl (C=O) groups excluding carboxylic acids is 3. The van der Waals surface area contributed by atoms with Gasteiger partial charge in [-0.15, -0.1) is 11.3 Å². The van der Waals surface area contributed by atoms with Gasteiger partial charge in [-0.1, -0.05) is 13.8 Å². The quantitative estimate of drug-likeness (QED) is 0.417. The number of carboxylic acids is 1. The lowest BCUT2D eigenvalue weighted by Gasteiger charge is -3.10. The third-order valence-corrected chi connectivity index (χ3v) is 11.3. The second-order valence-corrected chi connectivity index (χ2v) is 13.1. The van der Waals surface area contributed by atoms with E-state index in [2.05, 4.69) is 15.2 Å². The van der Waals surface area contributed by atoms with Crippen molar-refractivity contribution in [2.45, 2.75) is 76.3 Å². The first-order valence-electron chi connectivity index (χ1n) is 13.3. The number of rotatable bonds is 11. The van der Waals surface area contributed by atoms with E-state index < -0.39 is 23.5 Å². The molecule has 6 atom stereocenters. The summed E-state index contributed by atoms with van der Waals surface area (Å²) in [6.07, 6.45) is 2.51. The number of ether oxygens (including phenoxy) is 1. The number of hydrogen-bond acceptors (Lipinski definition) is 8. The molecule has 0 spiro atoms. The second-order valence-electron chi connectivity index (χ2n) is 12.3. The topological polar surface area (TPSA) is 129 Å². The third kappa shape index (κ3) is 2.62. The molecule has 1 aromatic heterocycles. The van der Waals surface area contributed by atoms with Crippen molar-refractivity contribution in [2.75, 3.05) is 7.05 Å². The molecule has 8 rings (SSSR count). The molecule has 0 radical (unpaired) electrons. The summed E-state index contributed by atoms with van der Waals surface area (Å²) < 4.78 is 5.65. The minimum absolute atomic E-state index is 0.0808. The van der Waals surface area contributed by atoms with Crippen LogP contribution < -0.4 is 5.32 Å². The van der Waals surface area contributed by atoms with Crippen LogP contribution in [-0.4, -0.2) is 74.5 Å². The fourth-order valence-electron chi connectivity index (χ4n) is 8.61. The van der Waals surface area contributed by atoms with Gasteiger partial charge in [-0.3, -0.25) is 24.1 Å². The number of esters is 1. The van der Waals surface area contributed by atoms with Gasteiger partial charge in [0.1, 0.15) is 21.8 Å². The minimum Gasteiger partial charge on any atom is -0.481 e. The van der Waals surface area contributed by atoms with Crippen molar-refractivity contribution in [3.8, 4) is 0 Å². The van der Waals surface area contributed by atoms with Crippen LogP contribution >= 0.6 is 11.3 Å². The molecule has 0 aromatic carbocycles. The fourth-order valence-corrected chi connectivity index (χ4v) is 9.45. The van der Waals surface area contributed by atoms with Crippen LogP contribution in [0.2, 0.25) is 0 Å². The normalized spacial score (nSPS) is 38.6. The molecule has 4 heterocycles. The van der Waals surface area contributed by atoms with E-state index in [4.69, 9.17) is 4.74 Å². The average molecular weight is 529 g/mol. The van der Waals surface area contributed by atoms with Crippen molar-refractivity contribution in [3.63, 3.8) is 0 Å². The van der Waals surface area contributed by atoms with E-state index in [-0.39, 0.29) is 65.0 Å². The van der Waals surface area contributed by atoms with Crippen LogP contribution in [0.1, 0.15) is 68.1 Å². The lowest BCUT2D eigenvalue weighted by atomic mass is 9.08. The number of amides is 2. The highest BCUT2D eigenvalue weighted by Crippen LogP contribution is 2.99. The van der Waals surface area contributed by atoms with Gasteiger partial charge in [0, 0.05) is 62.2 Å². The molecule has 2 amide bonds. The maximum atomic E-state index is 13.2. The monoisotopic (exact) mass is 528 g/mol. The van der Waals surface area contributed by atoms with Gasteiger partial charge in [0.05, 0.1) is 0 Å². The summed E-state index contributed by atoms with van der Waals surface area (Å²) in [5.41, 5.74) is -0.632. The van der Waals surface area contributed by atoms with Gasteiger partial charge < -0.3 is 20.1 Å². The third-order valence-electron chi connectivity index (χ3n) is 10.3. The van der Waals surface area contributed by atoms with Crippen molar-refractivity contribution in [3.05, 3.63) is 16.1 Å². The number of aromatic nitrogens is 1. The maximum absolute atomic E-state index is 13.2. The van der Waals surface area contributed by atoms with Crippen molar-refractivity contribution in [1.82, 2.24) is 20.1 Å². The number of aliphatic carboxylic acids is 1. The van der Waals surface area contributed by atoms with Crippen molar-refractivity contribution < 1.29 is 29.0 Å². The first kappa shape index (κ1) is 23.6. The van der Waals surface area contributed by atoms with Crippen LogP contribution in [-0.2, 0) is 19.1 Å². The minimum atomic E-state index is -0.684. The number of hydrogen-bond donors (Lipinski definition) is 2. The molecule has 2 N–H and O–H groups in total. The Bertz CT molecular complexity index is 1190. The number of carbonyl (C=O) groups is 4. The Labute approximate surface area is 218 Å². The number of piperidine rings is 12. The zero-order valence-electron chi connectivity index (χ0n) is 21.3. The average Bonchev–Trinajstić information content (AvgIpc) is 3.51. The van der Waals surface area contributed by atoms with E-state index in [1.54, 1.807) is 10.3 Å². The molecule has 4 saturated carbocycles.